The molecule has 2 unspecified atom stereocenters. The second-order valence-corrected chi connectivity index (χ2v) is 7.65. The van der Waals surface area contributed by atoms with Gasteiger partial charge in [0.15, 0.2) is 0 Å². The van der Waals surface area contributed by atoms with Crippen LogP contribution in [0.2, 0.25) is 0 Å². The predicted molar refractivity (Wildman–Crippen MR) is 108 cm³/mol. The number of hydrogen-bond acceptors (Lipinski definition) is 4. The molecule has 0 saturated carbocycles. The number of aliphatic hydroxyl groups excluding tert-OH is 1. The van der Waals surface area contributed by atoms with E-state index < -0.39 is 6.10 Å². The van der Waals surface area contributed by atoms with E-state index in [9.17, 15) is 9.50 Å². The van der Waals surface area contributed by atoms with Gasteiger partial charge in [-0.3, -0.25) is 4.90 Å². The molecule has 5 heteroatoms. The van der Waals surface area contributed by atoms with Crippen molar-refractivity contribution in [2.24, 2.45) is 0 Å². The zero-order valence-electron chi connectivity index (χ0n) is 16.7. The predicted octanol–water partition coefficient (Wildman–Crippen LogP) is 3.86. The summed E-state index contributed by atoms with van der Waals surface area (Å²) in [7, 11) is 0. The highest BCUT2D eigenvalue weighted by molar-refractivity contribution is 5.35. The number of hydrogen-bond donors (Lipinski definition) is 1. The summed E-state index contributed by atoms with van der Waals surface area (Å²) in [6.07, 6.45) is 1.52. The van der Waals surface area contributed by atoms with Crippen molar-refractivity contribution in [2.45, 2.75) is 45.4 Å². The van der Waals surface area contributed by atoms with Crippen LogP contribution in [0, 0.1) is 19.7 Å². The van der Waals surface area contributed by atoms with Crippen molar-refractivity contribution < 1.29 is 19.0 Å². The Labute approximate surface area is 166 Å². The first-order valence-corrected chi connectivity index (χ1v) is 9.96. The summed E-state index contributed by atoms with van der Waals surface area (Å²) in [5, 5.41) is 10.5. The molecular weight excluding hydrogens is 357 g/mol. The lowest BCUT2D eigenvalue weighted by Crippen LogP contribution is -2.39. The number of halogens is 1. The lowest BCUT2D eigenvalue weighted by Gasteiger charge is -2.27. The molecule has 4 nitrogen and oxygen atoms in total. The van der Waals surface area contributed by atoms with Crippen LogP contribution in [-0.2, 0) is 11.3 Å². The van der Waals surface area contributed by atoms with Gasteiger partial charge in [0.05, 0.1) is 6.10 Å². The minimum Gasteiger partial charge on any atom is -0.491 e. The first kappa shape index (κ1) is 20.8. The van der Waals surface area contributed by atoms with Gasteiger partial charge in [-0.15, -0.1) is 0 Å². The molecule has 1 aliphatic heterocycles. The first-order valence-electron chi connectivity index (χ1n) is 9.96. The van der Waals surface area contributed by atoms with E-state index in [-0.39, 0.29) is 18.5 Å². The second kappa shape index (κ2) is 10.0. The maximum Gasteiger partial charge on any atom is 0.127 e. The van der Waals surface area contributed by atoms with Crippen LogP contribution in [0.1, 0.15) is 29.5 Å². The Balaban J connectivity index is 1.59. The summed E-state index contributed by atoms with van der Waals surface area (Å²) >= 11 is 0. The van der Waals surface area contributed by atoms with E-state index in [1.807, 2.05) is 32.0 Å². The summed E-state index contributed by atoms with van der Waals surface area (Å²) in [6.45, 7) is 6.52. The minimum atomic E-state index is -0.672. The summed E-state index contributed by atoms with van der Waals surface area (Å²) in [4.78, 5) is 2.06. The van der Waals surface area contributed by atoms with Gasteiger partial charge >= 0.3 is 0 Å². The first-order chi connectivity index (χ1) is 13.5. The highest BCUT2D eigenvalue weighted by atomic mass is 19.1. The van der Waals surface area contributed by atoms with Gasteiger partial charge in [-0.1, -0.05) is 35.9 Å². The van der Waals surface area contributed by atoms with Crippen molar-refractivity contribution in [1.29, 1.82) is 0 Å². The van der Waals surface area contributed by atoms with E-state index in [1.54, 1.807) is 12.1 Å². The normalized spacial score (nSPS) is 17.8. The number of rotatable bonds is 9. The Morgan fingerprint density at radius 2 is 2.07 bits per heavy atom. The van der Waals surface area contributed by atoms with Crippen molar-refractivity contribution >= 4 is 0 Å². The third-order valence-electron chi connectivity index (χ3n) is 5.07. The fraction of sp³-hybridized carbons (Fsp3) is 0.478. The molecule has 1 N–H and O–H groups in total. The largest absolute Gasteiger partial charge is 0.491 e. The highest BCUT2D eigenvalue weighted by Crippen LogP contribution is 2.20. The molecule has 1 aliphatic rings. The molecule has 2 atom stereocenters. The van der Waals surface area contributed by atoms with Gasteiger partial charge in [-0.2, -0.15) is 0 Å². The van der Waals surface area contributed by atoms with Crippen molar-refractivity contribution in [3.63, 3.8) is 0 Å². The zero-order chi connectivity index (χ0) is 19.9. The monoisotopic (exact) mass is 387 g/mol. The topological polar surface area (TPSA) is 41.9 Å². The molecule has 152 valence electrons. The van der Waals surface area contributed by atoms with Gasteiger partial charge in [-0.05, 0) is 44.4 Å². The van der Waals surface area contributed by atoms with Crippen LogP contribution < -0.4 is 4.74 Å². The molecule has 3 rings (SSSR count). The molecule has 1 heterocycles. The maximum absolute atomic E-state index is 14.1. The second-order valence-electron chi connectivity index (χ2n) is 7.65. The van der Waals surface area contributed by atoms with Crippen molar-refractivity contribution in [1.82, 2.24) is 4.90 Å². The molecule has 0 aliphatic carbocycles. The van der Waals surface area contributed by atoms with E-state index in [1.165, 1.54) is 11.6 Å². The Morgan fingerprint density at radius 3 is 2.79 bits per heavy atom. The average molecular weight is 387 g/mol. The third-order valence-corrected chi connectivity index (χ3v) is 5.07. The molecule has 0 bridgehead atoms. The molecule has 28 heavy (non-hydrogen) atoms. The number of aliphatic hydroxyl groups is 1. The van der Waals surface area contributed by atoms with Crippen LogP contribution in [0.5, 0.6) is 5.75 Å². The van der Waals surface area contributed by atoms with E-state index in [4.69, 9.17) is 9.47 Å². The Bertz CT molecular complexity index is 761. The fourth-order valence-corrected chi connectivity index (χ4v) is 3.65. The van der Waals surface area contributed by atoms with Crippen molar-refractivity contribution in [2.75, 3.05) is 26.3 Å². The third kappa shape index (κ3) is 6.03. The summed E-state index contributed by atoms with van der Waals surface area (Å²) in [6, 6.07) is 12.8. The molecule has 0 spiro atoms. The van der Waals surface area contributed by atoms with Crippen LogP contribution in [0.15, 0.2) is 42.5 Å². The Morgan fingerprint density at radius 1 is 1.25 bits per heavy atom. The summed E-state index contributed by atoms with van der Waals surface area (Å²) < 4.78 is 25.7. The smallest absolute Gasteiger partial charge is 0.127 e. The van der Waals surface area contributed by atoms with E-state index in [0.29, 0.717) is 25.2 Å². The standard InChI is InChI=1S/C23H30FNO3/c1-17-9-10-23(18(2)12-17)28-16-20(26)14-25(15-21-7-5-11-27-21)13-19-6-3-4-8-22(19)24/h3-4,6,8-10,12,20-21,26H,5,7,11,13-16H2,1-2H3. The molecule has 0 amide bonds. The fourth-order valence-electron chi connectivity index (χ4n) is 3.65. The Hall–Kier alpha value is -1.95. The van der Waals surface area contributed by atoms with Gasteiger partial charge in [-0.25, -0.2) is 4.39 Å². The molecule has 1 fully saturated rings. The quantitative estimate of drug-likeness (QED) is 0.709. The number of nitrogens with zero attached hydrogens (tertiary/aromatic N) is 1. The SMILES string of the molecule is Cc1ccc(OCC(O)CN(Cc2ccccc2F)CC2CCCO2)c(C)c1. The van der Waals surface area contributed by atoms with Gasteiger partial charge in [0.2, 0.25) is 0 Å². The van der Waals surface area contributed by atoms with Gasteiger partial charge < -0.3 is 14.6 Å². The highest BCUT2D eigenvalue weighted by Gasteiger charge is 2.22. The van der Waals surface area contributed by atoms with Crippen molar-refractivity contribution in [3.05, 3.63) is 65.0 Å². The number of aryl methyl sites for hydroxylation is 2. The summed E-state index contributed by atoms with van der Waals surface area (Å²) in [5.74, 6) is 0.560. The zero-order valence-corrected chi connectivity index (χ0v) is 16.7. The van der Waals surface area contributed by atoms with E-state index in [2.05, 4.69) is 11.0 Å². The average Bonchev–Trinajstić information content (AvgIpc) is 3.16. The van der Waals surface area contributed by atoms with E-state index in [0.717, 1.165) is 30.8 Å². The Kier molecular flexibility index (Phi) is 7.43. The van der Waals surface area contributed by atoms with Crippen LogP contribution in [0.25, 0.3) is 0 Å². The lowest BCUT2D eigenvalue weighted by molar-refractivity contribution is 0.0309. The molecule has 0 aromatic heterocycles. The van der Waals surface area contributed by atoms with Crippen molar-refractivity contribution in [3.8, 4) is 5.75 Å². The van der Waals surface area contributed by atoms with E-state index >= 15 is 0 Å². The molecule has 2 aromatic carbocycles. The molecule has 0 radical (unpaired) electrons. The van der Waals surface area contributed by atoms with Crippen LogP contribution in [0.4, 0.5) is 4.39 Å². The van der Waals surface area contributed by atoms with Crippen LogP contribution in [0.3, 0.4) is 0 Å². The lowest BCUT2D eigenvalue weighted by atomic mass is 10.1. The minimum absolute atomic E-state index is 0.138. The molecule has 2 aromatic rings. The van der Waals surface area contributed by atoms with Gasteiger partial charge in [0.25, 0.3) is 0 Å². The molecule has 1 saturated heterocycles. The maximum atomic E-state index is 14.1. The van der Waals surface area contributed by atoms with Crippen LogP contribution in [-0.4, -0.2) is 48.5 Å². The number of ether oxygens (including phenoxy) is 2. The van der Waals surface area contributed by atoms with Gasteiger partial charge in [0, 0.05) is 31.8 Å². The summed E-state index contributed by atoms with van der Waals surface area (Å²) in [5.41, 5.74) is 2.86. The molecular formula is C23H30FNO3. The van der Waals surface area contributed by atoms with Crippen LogP contribution >= 0.6 is 0 Å². The number of benzene rings is 2. The van der Waals surface area contributed by atoms with Gasteiger partial charge in [0.1, 0.15) is 24.3 Å².